The molecule has 24 heavy (non-hydrogen) atoms. The van der Waals surface area contributed by atoms with E-state index in [1.165, 1.54) is 5.56 Å². The van der Waals surface area contributed by atoms with E-state index in [1.807, 2.05) is 37.3 Å². The molecule has 0 atom stereocenters. The molecule has 0 spiro atoms. The average Bonchev–Trinajstić information content (AvgIpc) is 2.79. The van der Waals surface area contributed by atoms with E-state index in [2.05, 4.69) is 32.6 Å². The number of carboxylic acid groups (broad SMARTS) is 1. The van der Waals surface area contributed by atoms with E-state index in [0.29, 0.717) is 11.4 Å². The zero-order valence-electron chi connectivity index (χ0n) is 13.2. The van der Waals surface area contributed by atoms with Crippen LogP contribution in [0.2, 0.25) is 5.02 Å². The van der Waals surface area contributed by atoms with E-state index in [4.69, 9.17) is 16.7 Å². The van der Waals surface area contributed by atoms with Gasteiger partial charge in [0.05, 0.1) is 0 Å². The Balaban J connectivity index is 2.07. The number of benzene rings is 2. The van der Waals surface area contributed by atoms with Gasteiger partial charge in [-0.05, 0) is 54.8 Å². The Morgan fingerprint density at radius 1 is 1.21 bits per heavy atom. The number of carboxylic acids is 1. The fraction of sp³-hybridized carbons (Fsp3) is 0.211. The number of halogens is 2. The Morgan fingerprint density at radius 3 is 2.58 bits per heavy atom. The fourth-order valence-corrected chi connectivity index (χ4v) is 3.48. The molecule has 3 rings (SSSR count). The molecule has 0 saturated carbocycles. The summed E-state index contributed by atoms with van der Waals surface area (Å²) in [6.07, 6.45) is 0.621. The summed E-state index contributed by atoms with van der Waals surface area (Å²) in [7, 11) is 0. The first kappa shape index (κ1) is 17.1. The second kappa shape index (κ2) is 6.99. The minimum absolute atomic E-state index is 0.116. The molecule has 0 radical (unpaired) electrons. The van der Waals surface area contributed by atoms with Gasteiger partial charge in [0.1, 0.15) is 0 Å². The number of aliphatic carboxylic acids is 1. The van der Waals surface area contributed by atoms with Crippen LogP contribution in [-0.4, -0.2) is 15.6 Å². The highest BCUT2D eigenvalue weighted by Crippen LogP contribution is 2.30. The van der Waals surface area contributed by atoms with Gasteiger partial charge in [-0.3, -0.25) is 4.79 Å². The lowest BCUT2D eigenvalue weighted by molar-refractivity contribution is -0.136. The lowest BCUT2D eigenvalue weighted by Gasteiger charge is -2.09. The van der Waals surface area contributed by atoms with Gasteiger partial charge in [-0.1, -0.05) is 39.7 Å². The van der Waals surface area contributed by atoms with Crippen LogP contribution in [0.4, 0.5) is 0 Å². The summed E-state index contributed by atoms with van der Waals surface area (Å²) in [5.41, 5.74) is 4.43. The molecular weight excluding hydrogens is 390 g/mol. The van der Waals surface area contributed by atoms with Crippen molar-refractivity contribution >= 4 is 44.4 Å². The third-order valence-electron chi connectivity index (χ3n) is 4.26. The number of nitrogens with zero attached hydrogens (tertiary/aromatic N) is 1. The van der Waals surface area contributed by atoms with E-state index in [1.54, 1.807) is 0 Å². The molecule has 5 heteroatoms. The van der Waals surface area contributed by atoms with Gasteiger partial charge >= 0.3 is 5.97 Å². The quantitative estimate of drug-likeness (QED) is 0.614. The van der Waals surface area contributed by atoms with E-state index in [0.717, 1.165) is 33.2 Å². The fourth-order valence-electron chi connectivity index (χ4n) is 3.05. The number of carbonyl (C=O) groups is 1. The van der Waals surface area contributed by atoms with Crippen LogP contribution in [0.25, 0.3) is 10.9 Å². The number of rotatable bonds is 5. The molecule has 0 unspecified atom stereocenters. The van der Waals surface area contributed by atoms with Gasteiger partial charge in [0.2, 0.25) is 0 Å². The van der Waals surface area contributed by atoms with Crippen molar-refractivity contribution in [3.63, 3.8) is 0 Å². The normalized spacial score (nSPS) is 11.1. The topological polar surface area (TPSA) is 42.2 Å². The monoisotopic (exact) mass is 405 g/mol. The van der Waals surface area contributed by atoms with Crippen molar-refractivity contribution in [1.82, 2.24) is 4.57 Å². The zero-order valence-corrected chi connectivity index (χ0v) is 15.6. The second-order valence-electron chi connectivity index (χ2n) is 5.83. The Bertz CT molecular complexity index is 900. The van der Waals surface area contributed by atoms with Gasteiger partial charge in [0.25, 0.3) is 0 Å². The van der Waals surface area contributed by atoms with Gasteiger partial charge in [-0.2, -0.15) is 0 Å². The molecule has 1 N–H and O–H groups in total. The molecule has 0 aliphatic carbocycles. The SMILES string of the molecule is Cc1c(CCC(=O)O)c2cc(Cl)ccc2n1Cc1ccc(Br)cc1. The zero-order chi connectivity index (χ0) is 17.3. The van der Waals surface area contributed by atoms with Crippen LogP contribution in [0.15, 0.2) is 46.9 Å². The number of aromatic nitrogens is 1. The van der Waals surface area contributed by atoms with E-state index in [-0.39, 0.29) is 6.42 Å². The number of hydrogen-bond acceptors (Lipinski definition) is 1. The van der Waals surface area contributed by atoms with Crippen LogP contribution in [0.5, 0.6) is 0 Å². The summed E-state index contributed by atoms with van der Waals surface area (Å²) in [6, 6.07) is 14.0. The lowest BCUT2D eigenvalue weighted by atomic mass is 10.1. The van der Waals surface area contributed by atoms with E-state index in [9.17, 15) is 4.79 Å². The van der Waals surface area contributed by atoms with Crippen molar-refractivity contribution in [1.29, 1.82) is 0 Å². The highest BCUT2D eigenvalue weighted by atomic mass is 79.9. The Kier molecular flexibility index (Phi) is 4.97. The number of aryl methyl sites for hydroxylation is 1. The van der Waals surface area contributed by atoms with E-state index < -0.39 is 5.97 Å². The lowest BCUT2D eigenvalue weighted by Crippen LogP contribution is -2.03. The molecule has 0 aliphatic heterocycles. The molecule has 2 aromatic carbocycles. The van der Waals surface area contributed by atoms with Crippen LogP contribution in [0.3, 0.4) is 0 Å². The highest BCUT2D eigenvalue weighted by Gasteiger charge is 2.15. The first-order chi connectivity index (χ1) is 11.5. The predicted octanol–water partition coefficient (Wildman–Crippen LogP) is 5.43. The first-order valence-corrected chi connectivity index (χ1v) is 8.86. The summed E-state index contributed by atoms with van der Waals surface area (Å²) in [5, 5.41) is 10.7. The van der Waals surface area contributed by atoms with Crippen molar-refractivity contribution in [2.24, 2.45) is 0 Å². The van der Waals surface area contributed by atoms with Crippen molar-refractivity contribution in [3.05, 3.63) is 68.8 Å². The first-order valence-electron chi connectivity index (χ1n) is 7.69. The molecule has 124 valence electrons. The van der Waals surface area contributed by atoms with Gasteiger partial charge in [0, 0.05) is 39.1 Å². The maximum Gasteiger partial charge on any atom is 0.303 e. The summed E-state index contributed by atoms with van der Waals surface area (Å²) < 4.78 is 3.28. The average molecular weight is 407 g/mol. The van der Waals surface area contributed by atoms with Crippen LogP contribution >= 0.6 is 27.5 Å². The van der Waals surface area contributed by atoms with Crippen LogP contribution in [0, 0.1) is 6.92 Å². The number of hydrogen-bond donors (Lipinski definition) is 1. The summed E-state index contributed by atoms with van der Waals surface area (Å²) in [4.78, 5) is 11.0. The summed E-state index contributed by atoms with van der Waals surface area (Å²) in [6.45, 7) is 2.79. The van der Waals surface area contributed by atoms with Gasteiger partial charge in [0.15, 0.2) is 0 Å². The Labute approximate surface area is 154 Å². The molecule has 0 amide bonds. The molecule has 0 aliphatic rings. The largest absolute Gasteiger partial charge is 0.481 e. The molecule has 1 aromatic heterocycles. The van der Waals surface area contributed by atoms with Crippen LogP contribution in [-0.2, 0) is 17.8 Å². The molecule has 1 heterocycles. The maximum atomic E-state index is 11.0. The van der Waals surface area contributed by atoms with Crippen molar-refractivity contribution in [3.8, 4) is 0 Å². The van der Waals surface area contributed by atoms with E-state index >= 15 is 0 Å². The van der Waals surface area contributed by atoms with Crippen LogP contribution < -0.4 is 0 Å². The third kappa shape index (κ3) is 3.50. The minimum atomic E-state index is -0.787. The maximum absolute atomic E-state index is 11.0. The molecule has 0 bridgehead atoms. The Morgan fingerprint density at radius 2 is 1.92 bits per heavy atom. The van der Waals surface area contributed by atoms with Crippen LogP contribution in [0.1, 0.15) is 23.2 Å². The van der Waals surface area contributed by atoms with Gasteiger partial charge < -0.3 is 9.67 Å². The molecule has 0 saturated heterocycles. The molecular formula is C19H17BrClNO2. The summed E-state index contributed by atoms with van der Waals surface area (Å²) in [5.74, 6) is -0.787. The third-order valence-corrected chi connectivity index (χ3v) is 5.02. The predicted molar refractivity (Wildman–Crippen MR) is 101 cm³/mol. The highest BCUT2D eigenvalue weighted by molar-refractivity contribution is 9.10. The molecule has 0 fully saturated rings. The number of fused-ring (bicyclic) bond motifs is 1. The smallest absolute Gasteiger partial charge is 0.303 e. The summed E-state index contributed by atoms with van der Waals surface area (Å²) >= 11 is 9.62. The van der Waals surface area contributed by atoms with Gasteiger partial charge in [-0.15, -0.1) is 0 Å². The minimum Gasteiger partial charge on any atom is -0.481 e. The van der Waals surface area contributed by atoms with Crippen molar-refractivity contribution in [2.45, 2.75) is 26.3 Å². The van der Waals surface area contributed by atoms with Crippen molar-refractivity contribution in [2.75, 3.05) is 0 Å². The standard InChI is InChI=1S/C19H17BrClNO2/c1-12-16(7-9-19(23)24)17-10-15(21)6-8-18(17)22(12)11-13-2-4-14(20)5-3-13/h2-6,8,10H,7,9,11H2,1H3,(H,23,24). The molecule has 3 nitrogen and oxygen atoms in total. The molecule has 3 aromatic rings. The second-order valence-corrected chi connectivity index (χ2v) is 7.18. The Hall–Kier alpha value is -1.78. The van der Waals surface area contributed by atoms with Crippen molar-refractivity contribution < 1.29 is 9.90 Å². The van der Waals surface area contributed by atoms with Gasteiger partial charge in [-0.25, -0.2) is 0 Å².